The van der Waals surface area contributed by atoms with Crippen molar-refractivity contribution in [1.29, 1.82) is 0 Å². The zero-order valence-corrected chi connectivity index (χ0v) is 18.8. The van der Waals surface area contributed by atoms with Crippen LogP contribution in [0, 0.1) is 11.3 Å². The van der Waals surface area contributed by atoms with Gasteiger partial charge in [-0.3, -0.25) is 4.79 Å². The quantitative estimate of drug-likeness (QED) is 0.560. The summed E-state index contributed by atoms with van der Waals surface area (Å²) >= 11 is 0. The number of ether oxygens (including phenoxy) is 1. The predicted molar refractivity (Wildman–Crippen MR) is 109 cm³/mol. The Hall–Kier alpha value is -0.453. The van der Waals surface area contributed by atoms with Crippen molar-refractivity contribution in [3.8, 4) is 0 Å². The minimum atomic E-state index is -1.93. The third-order valence-electron chi connectivity index (χ3n) is 7.81. The van der Waals surface area contributed by atoms with E-state index in [1.54, 1.807) is 6.08 Å². The zero-order chi connectivity index (χ0) is 19.3. The van der Waals surface area contributed by atoms with Crippen LogP contribution < -0.4 is 0 Å². The van der Waals surface area contributed by atoms with E-state index in [1.807, 2.05) is 6.08 Å². The summed E-state index contributed by atoms with van der Waals surface area (Å²) in [5, 5.41) is 0. The van der Waals surface area contributed by atoms with Gasteiger partial charge in [0.2, 0.25) is 0 Å². The van der Waals surface area contributed by atoms with Crippen molar-refractivity contribution in [3.05, 3.63) is 12.2 Å². The van der Waals surface area contributed by atoms with Crippen LogP contribution in [-0.2, 0) is 14.0 Å². The highest BCUT2D eigenvalue weighted by molar-refractivity contribution is 6.77. The first-order valence-electron chi connectivity index (χ1n) is 10.6. The second kappa shape index (κ2) is 6.86. The number of carbonyl (C=O) groups excluding carboxylic acids is 1. The molecule has 0 amide bonds. The van der Waals surface area contributed by atoms with E-state index >= 15 is 0 Å². The highest BCUT2D eigenvalue weighted by Gasteiger charge is 2.66. The van der Waals surface area contributed by atoms with Crippen LogP contribution in [0.25, 0.3) is 0 Å². The second-order valence-electron chi connectivity index (χ2n) is 10.1. The van der Waals surface area contributed by atoms with Gasteiger partial charge in [0.05, 0.1) is 6.10 Å². The average molecular weight is 379 g/mol. The molecule has 3 nitrogen and oxygen atoms in total. The maximum Gasteiger partial charge on any atom is 0.200 e. The summed E-state index contributed by atoms with van der Waals surface area (Å²) in [6, 6.07) is 0. The van der Waals surface area contributed by atoms with Crippen LogP contribution in [0.2, 0.25) is 16.6 Å². The SMILES string of the molecule is CC(C)[Si](OC[C@H]1CCC[C@@]2(C)C[C@@H]3C=CC(=O)[C@]12O3)(C(C)C)C(C)C. The molecule has 0 unspecified atom stereocenters. The van der Waals surface area contributed by atoms with Gasteiger partial charge < -0.3 is 9.16 Å². The molecule has 0 radical (unpaired) electrons. The number of carbonyl (C=O) groups is 1. The number of fused-ring (bicyclic) bond motifs is 1. The highest BCUT2D eigenvalue weighted by atomic mass is 28.4. The Morgan fingerprint density at radius 2 is 1.81 bits per heavy atom. The van der Waals surface area contributed by atoms with Crippen LogP contribution in [0.1, 0.15) is 74.1 Å². The maximum absolute atomic E-state index is 13.1. The normalized spacial score (nSPS) is 37.1. The Balaban J connectivity index is 1.89. The third-order valence-corrected chi connectivity index (χ3v) is 13.9. The van der Waals surface area contributed by atoms with Crippen molar-refractivity contribution in [1.82, 2.24) is 0 Å². The summed E-state index contributed by atoms with van der Waals surface area (Å²) in [4.78, 5) is 13.1. The van der Waals surface area contributed by atoms with Crippen molar-refractivity contribution in [2.75, 3.05) is 6.61 Å². The van der Waals surface area contributed by atoms with Gasteiger partial charge in [-0.25, -0.2) is 0 Å². The van der Waals surface area contributed by atoms with Crippen molar-refractivity contribution in [2.24, 2.45) is 11.3 Å². The van der Waals surface area contributed by atoms with Gasteiger partial charge in [-0.1, -0.05) is 61.0 Å². The van der Waals surface area contributed by atoms with Gasteiger partial charge in [0, 0.05) is 17.9 Å². The molecular formula is C22H38O3Si. The van der Waals surface area contributed by atoms with E-state index in [2.05, 4.69) is 48.5 Å². The maximum atomic E-state index is 13.1. The molecule has 0 aromatic rings. The highest BCUT2D eigenvalue weighted by Crippen LogP contribution is 2.60. The monoisotopic (exact) mass is 378 g/mol. The lowest BCUT2D eigenvalue weighted by Gasteiger charge is -2.51. The Kier molecular flexibility index (Phi) is 5.35. The Bertz CT molecular complexity index is 560. The molecule has 3 aliphatic rings. The van der Waals surface area contributed by atoms with Crippen molar-refractivity contribution in [3.63, 3.8) is 0 Å². The first kappa shape index (κ1) is 20.3. The fourth-order valence-electron chi connectivity index (χ4n) is 6.77. The molecule has 0 N–H and O–H groups in total. The lowest BCUT2D eigenvalue weighted by molar-refractivity contribution is -0.171. The zero-order valence-electron chi connectivity index (χ0n) is 17.8. The Morgan fingerprint density at radius 1 is 1.19 bits per heavy atom. The standard InChI is InChI=1S/C22H38O3Si/c1-15(2)26(16(3)4,17(5)6)24-14-18-9-8-12-21(7)13-19-10-11-20(23)22(18,21)25-19/h10-11,15-19H,8-9,12-14H2,1-7H3/t18-,19+,21+,22-/m1/s1. The van der Waals surface area contributed by atoms with Crippen LogP contribution in [0.3, 0.4) is 0 Å². The third kappa shape index (κ3) is 2.70. The molecule has 2 bridgehead atoms. The van der Waals surface area contributed by atoms with E-state index in [1.165, 1.54) is 6.42 Å². The van der Waals surface area contributed by atoms with Crippen LogP contribution in [0.15, 0.2) is 12.2 Å². The van der Waals surface area contributed by atoms with Crippen LogP contribution in [0.5, 0.6) is 0 Å². The molecule has 0 aromatic heterocycles. The molecule has 1 spiro atoms. The lowest BCUT2D eigenvalue weighted by Crippen LogP contribution is -2.60. The predicted octanol–water partition coefficient (Wildman–Crippen LogP) is 5.65. The minimum absolute atomic E-state index is 0.0395. The summed E-state index contributed by atoms with van der Waals surface area (Å²) < 4.78 is 13.4. The minimum Gasteiger partial charge on any atom is -0.416 e. The van der Waals surface area contributed by atoms with Gasteiger partial charge in [-0.2, -0.15) is 0 Å². The van der Waals surface area contributed by atoms with Gasteiger partial charge in [0.15, 0.2) is 14.1 Å². The van der Waals surface area contributed by atoms with Gasteiger partial charge in [0.1, 0.15) is 5.60 Å². The first-order chi connectivity index (χ1) is 12.1. The Labute approximate surface area is 161 Å². The second-order valence-corrected chi connectivity index (χ2v) is 15.6. The van der Waals surface area contributed by atoms with Crippen LogP contribution in [-0.4, -0.2) is 32.4 Å². The van der Waals surface area contributed by atoms with E-state index in [-0.39, 0.29) is 23.2 Å². The molecule has 3 rings (SSSR count). The fraction of sp³-hybridized carbons (Fsp3) is 0.864. The van der Waals surface area contributed by atoms with E-state index < -0.39 is 13.9 Å². The molecule has 26 heavy (non-hydrogen) atoms. The molecule has 1 aliphatic carbocycles. The van der Waals surface area contributed by atoms with Crippen molar-refractivity contribution >= 4 is 14.1 Å². The largest absolute Gasteiger partial charge is 0.416 e. The number of hydrogen-bond acceptors (Lipinski definition) is 3. The molecule has 0 aromatic carbocycles. The molecule has 148 valence electrons. The van der Waals surface area contributed by atoms with Crippen LogP contribution >= 0.6 is 0 Å². The van der Waals surface area contributed by atoms with E-state index in [0.717, 1.165) is 19.3 Å². The summed E-state index contributed by atoms with van der Waals surface area (Å²) in [5.74, 6) is 0.375. The van der Waals surface area contributed by atoms with Gasteiger partial charge in [0.25, 0.3) is 0 Å². The van der Waals surface area contributed by atoms with Gasteiger partial charge in [-0.05, 0) is 42.0 Å². The molecule has 4 atom stereocenters. The van der Waals surface area contributed by atoms with Gasteiger partial charge in [-0.15, -0.1) is 0 Å². The summed E-state index contributed by atoms with van der Waals surface area (Å²) in [6.07, 6.45) is 8.18. The van der Waals surface area contributed by atoms with E-state index in [4.69, 9.17) is 9.16 Å². The van der Waals surface area contributed by atoms with Crippen molar-refractivity contribution in [2.45, 2.75) is 102 Å². The summed E-state index contributed by atoms with van der Waals surface area (Å²) in [7, 11) is -1.93. The van der Waals surface area contributed by atoms with E-state index in [0.29, 0.717) is 23.2 Å². The first-order valence-corrected chi connectivity index (χ1v) is 12.8. The topological polar surface area (TPSA) is 35.5 Å². The molecule has 2 heterocycles. The van der Waals surface area contributed by atoms with Crippen LogP contribution in [0.4, 0.5) is 0 Å². The van der Waals surface area contributed by atoms with Crippen molar-refractivity contribution < 1.29 is 14.0 Å². The number of rotatable bonds is 6. The summed E-state index contributed by atoms with van der Waals surface area (Å²) in [5.41, 5.74) is 1.01. The number of hydrogen-bond donors (Lipinski definition) is 0. The molecule has 2 aliphatic heterocycles. The smallest absolute Gasteiger partial charge is 0.200 e. The molecule has 1 saturated heterocycles. The Morgan fingerprint density at radius 3 is 2.38 bits per heavy atom. The molecule has 4 heteroatoms. The average Bonchev–Trinajstić information content (AvgIpc) is 2.80. The molecule has 1 saturated carbocycles. The number of ketones is 1. The molecule has 2 fully saturated rings. The molecular weight excluding hydrogens is 340 g/mol. The van der Waals surface area contributed by atoms with E-state index in [9.17, 15) is 4.79 Å². The van der Waals surface area contributed by atoms with Gasteiger partial charge >= 0.3 is 0 Å². The lowest BCUT2D eigenvalue weighted by atomic mass is 9.58. The summed E-state index contributed by atoms with van der Waals surface area (Å²) in [6.45, 7) is 16.9. The fourth-order valence-corrected chi connectivity index (χ4v) is 12.3.